The zero-order valence-electron chi connectivity index (χ0n) is 8.61. The molecular weight excluding hydrogens is 174 g/mol. The third-order valence-electron chi connectivity index (χ3n) is 4.09. The molecule has 2 fully saturated rings. The molecule has 1 aromatic rings. The molecule has 0 bridgehead atoms. The Morgan fingerprint density at radius 3 is 2.57 bits per heavy atom. The van der Waals surface area contributed by atoms with Crippen LogP contribution < -0.4 is 5.73 Å². The lowest BCUT2D eigenvalue weighted by Crippen LogP contribution is -2.23. The number of rotatable bonds is 1. The molecule has 3 heteroatoms. The Labute approximate surface area is 84.3 Å². The van der Waals surface area contributed by atoms with Crippen LogP contribution in [0.25, 0.3) is 0 Å². The molecule has 3 nitrogen and oxygen atoms in total. The van der Waals surface area contributed by atoms with Crippen molar-refractivity contribution in [1.29, 1.82) is 0 Å². The largest absolute Gasteiger partial charge is 0.321 e. The fourth-order valence-corrected chi connectivity index (χ4v) is 3.24. The minimum atomic E-state index is -0.0231. The van der Waals surface area contributed by atoms with Gasteiger partial charge in [0.2, 0.25) is 0 Å². The van der Waals surface area contributed by atoms with Gasteiger partial charge < -0.3 is 5.73 Å². The third kappa shape index (κ3) is 0.934. The lowest BCUT2D eigenvalue weighted by Gasteiger charge is -2.07. The maximum Gasteiger partial charge on any atom is 0.0540 e. The van der Waals surface area contributed by atoms with Crippen molar-refractivity contribution in [2.75, 3.05) is 0 Å². The molecule has 2 aliphatic rings. The molecule has 0 saturated heterocycles. The van der Waals surface area contributed by atoms with Crippen molar-refractivity contribution < 1.29 is 0 Å². The highest BCUT2D eigenvalue weighted by Gasteiger charge is 2.63. The van der Waals surface area contributed by atoms with E-state index in [0.717, 1.165) is 11.8 Å². The van der Waals surface area contributed by atoms with Crippen LogP contribution in [0.1, 0.15) is 31.2 Å². The molecule has 0 aliphatic heterocycles. The normalized spacial score (nSPS) is 40.7. The van der Waals surface area contributed by atoms with Crippen LogP contribution in [-0.4, -0.2) is 9.78 Å². The number of hydrogen-bond donors (Lipinski definition) is 1. The minimum absolute atomic E-state index is 0.0231. The summed E-state index contributed by atoms with van der Waals surface area (Å²) < 4.78 is 1.86. The maximum absolute atomic E-state index is 6.48. The minimum Gasteiger partial charge on any atom is -0.321 e. The van der Waals surface area contributed by atoms with Crippen molar-refractivity contribution in [2.45, 2.75) is 31.2 Å². The van der Waals surface area contributed by atoms with Gasteiger partial charge in [-0.3, -0.25) is 4.68 Å². The van der Waals surface area contributed by atoms with Crippen LogP contribution in [0, 0.1) is 11.8 Å². The number of aryl methyl sites for hydroxylation is 1. The Morgan fingerprint density at radius 2 is 2.07 bits per heavy atom. The second-order valence-corrected chi connectivity index (χ2v) is 4.83. The highest BCUT2D eigenvalue weighted by Crippen LogP contribution is 2.62. The fraction of sp³-hybridized carbons (Fsp3) is 0.727. The highest BCUT2D eigenvalue weighted by molar-refractivity contribution is 5.32. The van der Waals surface area contributed by atoms with Crippen molar-refractivity contribution in [1.82, 2.24) is 9.78 Å². The molecular formula is C11H17N3. The zero-order valence-corrected chi connectivity index (χ0v) is 8.61. The molecule has 2 aliphatic carbocycles. The van der Waals surface area contributed by atoms with Gasteiger partial charge in [0, 0.05) is 18.8 Å². The summed E-state index contributed by atoms with van der Waals surface area (Å²) in [7, 11) is 1.96. The number of hydrogen-bond acceptors (Lipinski definition) is 2. The average molecular weight is 191 g/mol. The van der Waals surface area contributed by atoms with E-state index in [1.165, 1.54) is 31.2 Å². The van der Waals surface area contributed by atoms with Gasteiger partial charge in [-0.15, -0.1) is 0 Å². The summed E-state index contributed by atoms with van der Waals surface area (Å²) in [4.78, 5) is 0. The summed E-state index contributed by atoms with van der Waals surface area (Å²) in [6.07, 6.45) is 9.38. The topological polar surface area (TPSA) is 43.8 Å². The van der Waals surface area contributed by atoms with Crippen LogP contribution >= 0.6 is 0 Å². The van der Waals surface area contributed by atoms with Crippen molar-refractivity contribution in [3.8, 4) is 0 Å². The third-order valence-corrected chi connectivity index (χ3v) is 4.09. The van der Waals surface area contributed by atoms with E-state index in [4.69, 9.17) is 5.73 Å². The molecule has 0 amide bonds. The molecule has 1 heterocycles. The summed E-state index contributed by atoms with van der Waals surface area (Å²) in [5, 5.41) is 4.22. The molecule has 1 aromatic heterocycles. The predicted octanol–water partition coefficient (Wildman–Crippen LogP) is 1.39. The molecule has 0 radical (unpaired) electrons. The van der Waals surface area contributed by atoms with Gasteiger partial charge in [0.1, 0.15) is 0 Å². The van der Waals surface area contributed by atoms with Gasteiger partial charge in [0.05, 0.1) is 11.7 Å². The van der Waals surface area contributed by atoms with Gasteiger partial charge in [0.25, 0.3) is 0 Å². The first-order chi connectivity index (χ1) is 6.73. The summed E-state index contributed by atoms with van der Waals surface area (Å²) >= 11 is 0. The molecule has 2 saturated carbocycles. The van der Waals surface area contributed by atoms with Crippen molar-refractivity contribution in [3.05, 3.63) is 18.0 Å². The van der Waals surface area contributed by atoms with E-state index in [-0.39, 0.29) is 5.54 Å². The molecule has 0 spiro atoms. The molecule has 2 atom stereocenters. The number of nitrogens with zero attached hydrogens (tertiary/aromatic N) is 2. The second-order valence-electron chi connectivity index (χ2n) is 4.83. The van der Waals surface area contributed by atoms with Crippen LogP contribution in [0.2, 0.25) is 0 Å². The summed E-state index contributed by atoms with van der Waals surface area (Å²) in [5.74, 6) is 1.47. The second kappa shape index (κ2) is 2.60. The molecule has 3 rings (SSSR count). The maximum atomic E-state index is 6.48. The van der Waals surface area contributed by atoms with Crippen molar-refractivity contribution >= 4 is 0 Å². The molecule has 0 aromatic carbocycles. The predicted molar refractivity (Wildman–Crippen MR) is 54.5 cm³/mol. The Bertz CT molecular complexity index is 343. The zero-order chi connectivity index (χ0) is 9.76. The van der Waals surface area contributed by atoms with E-state index in [0.29, 0.717) is 0 Å². The number of aromatic nitrogens is 2. The van der Waals surface area contributed by atoms with E-state index in [1.54, 1.807) is 0 Å². The lowest BCUT2D eigenvalue weighted by atomic mass is 10.0. The number of fused-ring (bicyclic) bond motifs is 1. The van der Waals surface area contributed by atoms with Crippen LogP contribution in [0.4, 0.5) is 0 Å². The van der Waals surface area contributed by atoms with Crippen LogP contribution in [0.15, 0.2) is 12.4 Å². The van der Waals surface area contributed by atoms with E-state index >= 15 is 0 Å². The first-order valence-corrected chi connectivity index (χ1v) is 5.51. The highest BCUT2D eigenvalue weighted by atomic mass is 15.2. The Balaban J connectivity index is 1.92. The quantitative estimate of drug-likeness (QED) is 0.729. The Kier molecular flexibility index (Phi) is 1.57. The van der Waals surface area contributed by atoms with Gasteiger partial charge in [-0.25, -0.2) is 0 Å². The number of nitrogens with two attached hydrogens (primary N) is 1. The van der Waals surface area contributed by atoms with Crippen LogP contribution in [0.3, 0.4) is 0 Å². The fourth-order valence-electron chi connectivity index (χ4n) is 3.24. The standard InChI is InChI=1S/C11H17N3/c1-14-7-8(6-13-14)11(12)9-4-2-3-5-10(9)11/h6-7,9-10H,2-5,12H2,1H3. The van der Waals surface area contributed by atoms with Gasteiger partial charge in [-0.2, -0.15) is 5.10 Å². The summed E-state index contributed by atoms with van der Waals surface area (Å²) in [5.41, 5.74) is 7.70. The van der Waals surface area contributed by atoms with Gasteiger partial charge in [-0.1, -0.05) is 12.8 Å². The first kappa shape index (κ1) is 8.48. The van der Waals surface area contributed by atoms with E-state index < -0.39 is 0 Å². The van der Waals surface area contributed by atoms with E-state index in [9.17, 15) is 0 Å². The molecule has 2 N–H and O–H groups in total. The van der Waals surface area contributed by atoms with Crippen molar-refractivity contribution in [3.63, 3.8) is 0 Å². The van der Waals surface area contributed by atoms with Gasteiger partial charge >= 0.3 is 0 Å². The monoisotopic (exact) mass is 191 g/mol. The molecule has 14 heavy (non-hydrogen) atoms. The first-order valence-electron chi connectivity index (χ1n) is 5.51. The van der Waals surface area contributed by atoms with Gasteiger partial charge in [-0.05, 0) is 24.7 Å². The molecule has 2 unspecified atom stereocenters. The smallest absolute Gasteiger partial charge is 0.0540 e. The van der Waals surface area contributed by atoms with Crippen LogP contribution in [0.5, 0.6) is 0 Å². The summed E-state index contributed by atoms with van der Waals surface area (Å²) in [6.45, 7) is 0. The average Bonchev–Trinajstić information content (AvgIpc) is 2.57. The summed E-state index contributed by atoms with van der Waals surface area (Å²) in [6, 6.07) is 0. The van der Waals surface area contributed by atoms with Crippen LogP contribution in [-0.2, 0) is 12.6 Å². The van der Waals surface area contributed by atoms with Gasteiger partial charge in [0.15, 0.2) is 0 Å². The van der Waals surface area contributed by atoms with Crippen molar-refractivity contribution in [2.24, 2.45) is 24.6 Å². The SMILES string of the molecule is Cn1cc(C2(N)C3CCCCC32)cn1. The Morgan fingerprint density at radius 1 is 1.43 bits per heavy atom. The van der Waals surface area contributed by atoms with E-state index in [2.05, 4.69) is 11.3 Å². The Hall–Kier alpha value is -0.830. The van der Waals surface area contributed by atoms with E-state index in [1.807, 2.05) is 17.9 Å². The molecule has 76 valence electrons. The lowest BCUT2D eigenvalue weighted by molar-refractivity contribution is 0.480.